The van der Waals surface area contributed by atoms with Crippen molar-refractivity contribution in [3.63, 3.8) is 0 Å². The number of nitrogens with one attached hydrogen (secondary N) is 1. The quantitative estimate of drug-likeness (QED) is 0.639. The molecule has 178 valence electrons. The van der Waals surface area contributed by atoms with E-state index in [1.54, 1.807) is 23.1 Å². The molecule has 0 bridgehead atoms. The monoisotopic (exact) mass is 464 g/mol. The molecular formula is C23H36N4O4S. The minimum atomic E-state index is -3.62. The van der Waals surface area contributed by atoms with Crippen LogP contribution in [0.25, 0.3) is 0 Å². The molecule has 2 aliphatic heterocycles. The predicted octanol–water partition coefficient (Wildman–Crippen LogP) is 2.90. The second-order valence-electron chi connectivity index (χ2n) is 8.85. The number of piperidine rings is 1. The first kappa shape index (κ1) is 24.5. The molecule has 0 aliphatic carbocycles. The lowest BCUT2D eigenvalue weighted by Crippen LogP contribution is -2.36. The van der Waals surface area contributed by atoms with Gasteiger partial charge in [-0.2, -0.15) is 4.31 Å². The smallest absolute Gasteiger partial charge is 0.243 e. The van der Waals surface area contributed by atoms with E-state index in [1.807, 2.05) is 27.7 Å². The van der Waals surface area contributed by atoms with Crippen LogP contribution in [-0.2, 0) is 19.6 Å². The average Bonchev–Trinajstić information content (AvgIpc) is 3.18. The summed E-state index contributed by atoms with van der Waals surface area (Å²) < 4.78 is 28.0. The Morgan fingerprint density at radius 2 is 1.81 bits per heavy atom. The van der Waals surface area contributed by atoms with Crippen LogP contribution in [0, 0.1) is 5.92 Å². The van der Waals surface area contributed by atoms with Crippen molar-refractivity contribution in [1.82, 2.24) is 9.21 Å². The van der Waals surface area contributed by atoms with E-state index in [0.717, 1.165) is 38.0 Å². The van der Waals surface area contributed by atoms with E-state index in [0.29, 0.717) is 25.3 Å². The Balaban J connectivity index is 1.90. The maximum absolute atomic E-state index is 13.2. The van der Waals surface area contributed by atoms with Crippen molar-refractivity contribution in [2.75, 3.05) is 42.9 Å². The summed E-state index contributed by atoms with van der Waals surface area (Å²) in [5.41, 5.74) is 1.26. The van der Waals surface area contributed by atoms with Crippen LogP contribution < -0.4 is 10.2 Å². The number of rotatable bonds is 8. The molecule has 1 atom stereocenters. The zero-order chi connectivity index (χ0) is 23.5. The molecule has 8 nitrogen and oxygen atoms in total. The summed E-state index contributed by atoms with van der Waals surface area (Å²) in [5.74, 6) is -0.718. The molecule has 0 saturated carbocycles. The standard InChI is InChI=1S/C23H36N4O4S/c1-5-25(6-2)21-11-10-19(32(30,31)26-12-8-7-9-13-26)15-20(21)24-23(29)18-14-22(28)27(16-18)17(3)4/h10-11,15,17-18H,5-9,12-14,16H2,1-4H3,(H,24,29). The van der Waals surface area contributed by atoms with Gasteiger partial charge in [0.15, 0.2) is 0 Å². The van der Waals surface area contributed by atoms with E-state index >= 15 is 0 Å². The third-order valence-electron chi connectivity index (χ3n) is 6.44. The Labute approximate surface area is 192 Å². The lowest BCUT2D eigenvalue weighted by atomic mass is 10.1. The van der Waals surface area contributed by atoms with Gasteiger partial charge in [-0.3, -0.25) is 9.59 Å². The molecule has 3 rings (SSSR count). The van der Waals surface area contributed by atoms with Crippen LogP contribution in [0.3, 0.4) is 0 Å². The number of benzene rings is 1. The van der Waals surface area contributed by atoms with Crippen molar-refractivity contribution < 1.29 is 18.0 Å². The Bertz CT molecular complexity index is 937. The first-order valence-electron chi connectivity index (χ1n) is 11.7. The number of anilines is 2. The molecule has 0 radical (unpaired) electrons. The van der Waals surface area contributed by atoms with Crippen LogP contribution in [0.15, 0.2) is 23.1 Å². The molecular weight excluding hydrogens is 428 g/mol. The number of likely N-dealkylation sites (tertiary alicyclic amines) is 1. The van der Waals surface area contributed by atoms with Gasteiger partial charge in [0, 0.05) is 45.2 Å². The Hall–Kier alpha value is -2.13. The topological polar surface area (TPSA) is 90.0 Å². The number of hydrogen-bond donors (Lipinski definition) is 1. The molecule has 0 spiro atoms. The highest BCUT2D eigenvalue weighted by molar-refractivity contribution is 7.89. The molecule has 9 heteroatoms. The summed E-state index contributed by atoms with van der Waals surface area (Å²) in [6, 6.07) is 5.03. The molecule has 1 unspecified atom stereocenters. The molecule has 2 saturated heterocycles. The highest BCUT2D eigenvalue weighted by atomic mass is 32.2. The second kappa shape index (κ2) is 10.2. The number of amides is 2. The molecule has 2 heterocycles. The highest BCUT2D eigenvalue weighted by Crippen LogP contribution is 2.32. The number of hydrogen-bond acceptors (Lipinski definition) is 5. The minimum absolute atomic E-state index is 0.0226. The van der Waals surface area contributed by atoms with Gasteiger partial charge < -0.3 is 15.1 Å². The summed E-state index contributed by atoms with van der Waals surface area (Å²) in [5, 5.41) is 2.95. The molecule has 1 N–H and O–H groups in total. The maximum atomic E-state index is 13.2. The van der Waals surface area contributed by atoms with Crippen molar-refractivity contribution in [2.24, 2.45) is 5.92 Å². The lowest BCUT2D eigenvalue weighted by Gasteiger charge is -2.28. The van der Waals surface area contributed by atoms with Gasteiger partial charge in [-0.05, 0) is 58.7 Å². The van der Waals surface area contributed by atoms with E-state index in [9.17, 15) is 18.0 Å². The molecule has 2 aliphatic rings. The van der Waals surface area contributed by atoms with Crippen LogP contribution >= 0.6 is 0 Å². The second-order valence-corrected chi connectivity index (χ2v) is 10.8. The first-order chi connectivity index (χ1) is 15.2. The van der Waals surface area contributed by atoms with E-state index in [-0.39, 0.29) is 29.2 Å². The van der Waals surface area contributed by atoms with Gasteiger partial charge in [0.05, 0.1) is 22.2 Å². The van der Waals surface area contributed by atoms with Gasteiger partial charge in [-0.15, -0.1) is 0 Å². The van der Waals surface area contributed by atoms with Crippen LogP contribution in [-0.4, -0.2) is 68.2 Å². The van der Waals surface area contributed by atoms with E-state index in [2.05, 4.69) is 10.2 Å². The number of carbonyl (C=O) groups is 2. The first-order valence-corrected chi connectivity index (χ1v) is 13.1. The van der Waals surface area contributed by atoms with Gasteiger partial charge in [0.1, 0.15) is 0 Å². The molecule has 2 fully saturated rings. The van der Waals surface area contributed by atoms with E-state index in [4.69, 9.17) is 0 Å². The summed E-state index contributed by atoms with van der Waals surface area (Å²) >= 11 is 0. The van der Waals surface area contributed by atoms with Gasteiger partial charge in [0.2, 0.25) is 21.8 Å². The Morgan fingerprint density at radius 1 is 1.16 bits per heavy atom. The molecule has 2 amide bonds. The van der Waals surface area contributed by atoms with Crippen molar-refractivity contribution in [1.29, 1.82) is 0 Å². The van der Waals surface area contributed by atoms with Gasteiger partial charge in [-0.1, -0.05) is 6.42 Å². The highest BCUT2D eigenvalue weighted by Gasteiger charge is 2.36. The third kappa shape index (κ3) is 5.09. The number of nitrogens with zero attached hydrogens (tertiary/aromatic N) is 3. The SMILES string of the molecule is CCN(CC)c1ccc(S(=O)(=O)N2CCCCC2)cc1NC(=O)C1CC(=O)N(C(C)C)C1. The van der Waals surface area contributed by atoms with Crippen molar-refractivity contribution in [3.8, 4) is 0 Å². The van der Waals surface area contributed by atoms with E-state index in [1.165, 1.54) is 4.31 Å². The fraction of sp³-hybridized carbons (Fsp3) is 0.652. The predicted molar refractivity (Wildman–Crippen MR) is 126 cm³/mol. The van der Waals surface area contributed by atoms with Crippen molar-refractivity contribution >= 4 is 33.2 Å². The largest absolute Gasteiger partial charge is 0.370 e. The summed E-state index contributed by atoms with van der Waals surface area (Å²) in [4.78, 5) is 29.3. The Morgan fingerprint density at radius 3 is 2.38 bits per heavy atom. The normalized spacial score (nSPS) is 20.1. The average molecular weight is 465 g/mol. The number of carbonyl (C=O) groups excluding carboxylic acids is 2. The van der Waals surface area contributed by atoms with Crippen LogP contribution in [0.2, 0.25) is 0 Å². The third-order valence-corrected chi connectivity index (χ3v) is 8.33. The lowest BCUT2D eigenvalue weighted by molar-refractivity contribution is -0.129. The Kier molecular flexibility index (Phi) is 7.82. The van der Waals surface area contributed by atoms with Crippen LogP contribution in [0.1, 0.15) is 53.4 Å². The zero-order valence-electron chi connectivity index (χ0n) is 19.6. The fourth-order valence-electron chi connectivity index (χ4n) is 4.51. The van der Waals surface area contributed by atoms with E-state index < -0.39 is 15.9 Å². The number of sulfonamides is 1. The molecule has 0 aromatic heterocycles. The summed E-state index contributed by atoms with van der Waals surface area (Å²) in [6.45, 7) is 10.8. The van der Waals surface area contributed by atoms with Crippen molar-refractivity contribution in [2.45, 2.75) is 64.3 Å². The van der Waals surface area contributed by atoms with Gasteiger partial charge in [-0.25, -0.2) is 8.42 Å². The maximum Gasteiger partial charge on any atom is 0.243 e. The van der Waals surface area contributed by atoms with Crippen LogP contribution in [0.4, 0.5) is 11.4 Å². The molecule has 1 aromatic rings. The van der Waals surface area contributed by atoms with Gasteiger partial charge >= 0.3 is 0 Å². The van der Waals surface area contributed by atoms with Crippen molar-refractivity contribution in [3.05, 3.63) is 18.2 Å². The van der Waals surface area contributed by atoms with Crippen LogP contribution in [0.5, 0.6) is 0 Å². The van der Waals surface area contributed by atoms with Gasteiger partial charge in [0.25, 0.3) is 0 Å². The molecule has 32 heavy (non-hydrogen) atoms. The summed E-state index contributed by atoms with van der Waals surface area (Å²) in [6.07, 6.45) is 2.95. The fourth-order valence-corrected chi connectivity index (χ4v) is 6.05. The minimum Gasteiger partial charge on any atom is -0.370 e. The zero-order valence-corrected chi connectivity index (χ0v) is 20.5. The molecule has 1 aromatic carbocycles. The summed E-state index contributed by atoms with van der Waals surface area (Å²) in [7, 11) is -3.62.